The fraction of sp³-hybridized carbons (Fsp3) is 0.481. The second kappa shape index (κ2) is 11.4. The van der Waals surface area contributed by atoms with Gasteiger partial charge in [0.1, 0.15) is 5.69 Å². The molecule has 0 unspecified atom stereocenters. The summed E-state index contributed by atoms with van der Waals surface area (Å²) < 4.78 is 34.0. The van der Waals surface area contributed by atoms with Gasteiger partial charge in [0.15, 0.2) is 10.7 Å². The fourth-order valence-electron chi connectivity index (χ4n) is 4.77. The van der Waals surface area contributed by atoms with E-state index >= 15 is 0 Å². The molecular weight excluding hydrogens is 462 g/mol. The van der Waals surface area contributed by atoms with Crippen molar-refractivity contribution in [1.29, 1.82) is 0 Å². The van der Waals surface area contributed by atoms with Crippen LogP contribution in [0.2, 0.25) is 0 Å². The highest BCUT2D eigenvalue weighted by Gasteiger charge is 2.36. The van der Waals surface area contributed by atoms with Crippen LogP contribution in [0.25, 0.3) is 12.2 Å². The summed E-state index contributed by atoms with van der Waals surface area (Å²) >= 11 is 0. The number of carbonyl (C=O) groups excluding carboxylic acids is 1. The zero-order valence-corrected chi connectivity index (χ0v) is 21.4. The minimum atomic E-state index is -3.86. The number of aryl methyl sites for hydroxylation is 2. The summed E-state index contributed by atoms with van der Waals surface area (Å²) in [5, 5.41) is 6.95. The molecule has 1 aromatic heterocycles. The Labute approximate surface area is 208 Å². The van der Waals surface area contributed by atoms with Crippen LogP contribution in [0.15, 0.2) is 45.3 Å². The number of amides is 1. The van der Waals surface area contributed by atoms with Crippen molar-refractivity contribution < 1.29 is 17.7 Å². The van der Waals surface area contributed by atoms with Crippen LogP contribution in [0.4, 0.5) is 0 Å². The number of nitrogens with zero attached hydrogens (tertiary/aromatic N) is 2. The number of sulfonamides is 1. The lowest BCUT2D eigenvalue weighted by Crippen LogP contribution is -2.45. The molecule has 1 N–H and O–H groups in total. The van der Waals surface area contributed by atoms with E-state index in [0.29, 0.717) is 31.6 Å². The van der Waals surface area contributed by atoms with Crippen molar-refractivity contribution in [3.05, 3.63) is 58.5 Å². The van der Waals surface area contributed by atoms with Crippen LogP contribution in [0, 0.1) is 19.8 Å². The van der Waals surface area contributed by atoms with Crippen molar-refractivity contribution in [1.82, 2.24) is 14.8 Å². The van der Waals surface area contributed by atoms with Gasteiger partial charge in [0, 0.05) is 19.6 Å². The summed E-state index contributed by atoms with van der Waals surface area (Å²) in [5.41, 5.74) is 3.82. The molecule has 1 aliphatic heterocycles. The Bertz CT molecular complexity index is 1200. The number of nitrogens with one attached hydrogen (secondary N) is 1. The highest BCUT2D eigenvalue weighted by Crippen LogP contribution is 2.29. The van der Waals surface area contributed by atoms with Gasteiger partial charge < -0.3 is 9.84 Å². The summed E-state index contributed by atoms with van der Waals surface area (Å²) in [5.74, 6) is -0.219. The second-order valence-corrected chi connectivity index (χ2v) is 11.4. The van der Waals surface area contributed by atoms with Crippen molar-refractivity contribution in [2.24, 2.45) is 5.92 Å². The predicted molar refractivity (Wildman–Crippen MR) is 137 cm³/mol. The molecule has 0 radical (unpaired) electrons. The van der Waals surface area contributed by atoms with E-state index < -0.39 is 10.0 Å². The number of rotatable bonds is 8. The molecule has 0 bridgehead atoms. The standard InChI is InChI=1S/C27H35N3O4S/c1-20-10-12-23(13-11-20)14-15-25-26(21(2)29-34-25)35(32,33)30-18-6-9-24(19-30)27(31)28-17-16-22-7-4-3-5-8-22/h7,10-15,24H,3-6,8-9,16-19H2,1-2H3,(H,28,31)/b15-14+/t24-/m1/s1. The van der Waals surface area contributed by atoms with Crippen molar-refractivity contribution in [2.75, 3.05) is 19.6 Å². The van der Waals surface area contributed by atoms with Crippen LogP contribution in [0.1, 0.15) is 67.5 Å². The van der Waals surface area contributed by atoms with E-state index in [-0.39, 0.29) is 29.0 Å². The molecule has 1 aromatic carbocycles. The summed E-state index contributed by atoms with van der Waals surface area (Å²) in [6.45, 7) is 4.80. The van der Waals surface area contributed by atoms with Gasteiger partial charge in [-0.15, -0.1) is 0 Å². The molecule has 35 heavy (non-hydrogen) atoms. The van der Waals surface area contributed by atoms with Gasteiger partial charge in [0.05, 0.1) is 5.92 Å². The first-order valence-electron chi connectivity index (χ1n) is 12.5. The maximum atomic E-state index is 13.6. The molecular formula is C27H35N3O4S. The van der Waals surface area contributed by atoms with Gasteiger partial charge in [0.25, 0.3) is 0 Å². The molecule has 0 saturated carbocycles. The smallest absolute Gasteiger partial charge is 0.248 e. The van der Waals surface area contributed by atoms with E-state index in [1.54, 1.807) is 13.0 Å². The Morgan fingerprint density at radius 2 is 1.97 bits per heavy atom. The lowest BCUT2D eigenvalue weighted by molar-refractivity contribution is -0.126. The molecule has 1 aliphatic carbocycles. The van der Waals surface area contributed by atoms with E-state index in [4.69, 9.17) is 4.52 Å². The third kappa shape index (κ3) is 6.30. The summed E-state index contributed by atoms with van der Waals surface area (Å²) in [6, 6.07) is 7.91. The fourth-order valence-corrected chi connectivity index (χ4v) is 6.55. The summed E-state index contributed by atoms with van der Waals surface area (Å²) in [4.78, 5) is 12.9. The number of carbonyl (C=O) groups is 1. The van der Waals surface area contributed by atoms with Crippen molar-refractivity contribution in [3.63, 3.8) is 0 Å². The van der Waals surface area contributed by atoms with Gasteiger partial charge in [0.2, 0.25) is 15.9 Å². The van der Waals surface area contributed by atoms with Gasteiger partial charge in [-0.05, 0) is 70.4 Å². The molecule has 1 atom stereocenters. The van der Waals surface area contributed by atoms with Crippen molar-refractivity contribution in [3.8, 4) is 0 Å². The van der Waals surface area contributed by atoms with Gasteiger partial charge in [-0.3, -0.25) is 4.79 Å². The minimum Gasteiger partial charge on any atom is -0.356 e. The number of allylic oxidation sites excluding steroid dienone is 1. The molecule has 2 heterocycles. The molecule has 4 rings (SSSR count). The lowest BCUT2D eigenvalue weighted by Gasteiger charge is -2.31. The topological polar surface area (TPSA) is 92.5 Å². The largest absolute Gasteiger partial charge is 0.356 e. The lowest BCUT2D eigenvalue weighted by atomic mass is 9.96. The van der Waals surface area contributed by atoms with Crippen LogP contribution < -0.4 is 5.32 Å². The molecule has 188 valence electrons. The predicted octanol–water partition coefficient (Wildman–Crippen LogP) is 4.87. The van der Waals surface area contributed by atoms with Crippen LogP contribution in [-0.4, -0.2) is 43.4 Å². The first kappa shape index (κ1) is 25.4. The van der Waals surface area contributed by atoms with Crippen LogP contribution >= 0.6 is 0 Å². The van der Waals surface area contributed by atoms with Gasteiger partial charge in [-0.25, -0.2) is 8.42 Å². The molecule has 8 heteroatoms. The third-order valence-electron chi connectivity index (χ3n) is 6.82. The Morgan fingerprint density at radius 1 is 1.17 bits per heavy atom. The monoisotopic (exact) mass is 497 g/mol. The first-order chi connectivity index (χ1) is 16.8. The van der Waals surface area contributed by atoms with Crippen molar-refractivity contribution in [2.45, 2.75) is 63.7 Å². The van der Waals surface area contributed by atoms with Gasteiger partial charge >= 0.3 is 0 Å². The Balaban J connectivity index is 1.42. The Hall–Kier alpha value is -2.71. The van der Waals surface area contributed by atoms with E-state index in [0.717, 1.165) is 30.4 Å². The zero-order valence-electron chi connectivity index (χ0n) is 20.6. The van der Waals surface area contributed by atoms with E-state index in [9.17, 15) is 13.2 Å². The molecule has 1 amide bonds. The molecule has 2 aliphatic rings. The Morgan fingerprint density at radius 3 is 2.71 bits per heavy atom. The van der Waals surface area contributed by atoms with E-state index in [1.807, 2.05) is 37.3 Å². The average molecular weight is 498 g/mol. The molecule has 1 fully saturated rings. The van der Waals surface area contributed by atoms with Crippen molar-refractivity contribution >= 4 is 28.1 Å². The highest BCUT2D eigenvalue weighted by atomic mass is 32.2. The van der Waals surface area contributed by atoms with E-state index in [2.05, 4.69) is 16.5 Å². The summed E-state index contributed by atoms with van der Waals surface area (Å²) in [7, 11) is -3.86. The number of benzene rings is 1. The SMILES string of the molecule is Cc1ccc(/C=C/c2onc(C)c2S(=O)(=O)N2CCC[C@@H](C(=O)NCCC3=CCCCC3)C2)cc1. The first-order valence-corrected chi connectivity index (χ1v) is 14.0. The molecule has 7 nitrogen and oxygen atoms in total. The van der Waals surface area contributed by atoms with Gasteiger partial charge in [-0.2, -0.15) is 4.31 Å². The maximum Gasteiger partial charge on any atom is 0.248 e. The number of piperidine rings is 1. The number of hydrogen-bond donors (Lipinski definition) is 1. The third-order valence-corrected chi connectivity index (χ3v) is 8.84. The van der Waals surface area contributed by atoms with Crippen LogP contribution in [0.5, 0.6) is 0 Å². The number of hydrogen-bond acceptors (Lipinski definition) is 5. The summed E-state index contributed by atoms with van der Waals surface area (Å²) in [6.07, 6.45) is 12.7. The number of aromatic nitrogens is 1. The molecule has 0 spiro atoms. The average Bonchev–Trinajstić information content (AvgIpc) is 3.25. The minimum absolute atomic E-state index is 0.0668. The maximum absolute atomic E-state index is 13.6. The Kier molecular flexibility index (Phi) is 8.23. The zero-order chi connectivity index (χ0) is 24.8. The van der Waals surface area contributed by atoms with E-state index in [1.165, 1.54) is 22.7 Å². The normalized spacial score (nSPS) is 19.6. The highest BCUT2D eigenvalue weighted by molar-refractivity contribution is 7.89. The van der Waals surface area contributed by atoms with Crippen LogP contribution in [0.3, 0.4) is 0 Å². The molecule has 2 aromatic rings. The van der Waals surface area contributed by atoms with Crippen LogP contribution in [-0.2, 0) is 14.8 Å². The molecule has 1 saturated heterocycles. The van der Waals surface area contributed by atoms with Gasteiger partial charge in [-0.1, -0.05) is 52.7 Å². The second-order valence-electron chi connectivity index (χ2n) is 9.56. The quantitative estimate of drug-likeness (QED) is 0.525.